The molecule has 0 bridgehead atoms. The lowest BCUT2D eigenvalue weighted by molar-refractivity contribution is 0.0955. The van der Waals surface area contributed by atoms with Crippen molar-refractivity contribution in [3.8, 4) is 17.2 Å². The molecule has 25 heavy (non-hydrogen) atoms. The highest BCUT2D eigenvalue weighted by Crippen LogP contribution is 2.25. The number of ether oxygens (including phenoxy) is 3. The molecule has 0 fully saturated rings. The van der Waals surface area contributed by atoms with Crippen LogP contribution in [0.2, 0.25) is 0 Å². The van der Waals surface area contributed by atoms with Crippen LogP contribution in [0, 0.1) is 0 Å². The van der Waals surface area contributed by atoms with Crippen LogP contribution in [0.1, 0.15) is 29.8 Å². The third kappa shape index (κ3) is 4.73. The molecule has 0 aliphatic heterocycles. The van der Waals surface area contributed by atoms with Crippen molar-refractivity contribution in [3.63, 3.8) is 0 Å². The minimum Gasteiger partial charge on any atom is -0.497 e. The van der Waals surface area contributed by atoms with E-state index in [0.717, 1.165) is 11.3 Å². The summed E-state index contributed by atoms with van der Waals surface area (Å²) in [6.07, 6.45) is 0. The lowest BCUT2D eigenvalue weighted by Gasteiger charge is -2.10. The number of hydrazone groups is 1. The number of carbonyl (C=O) groups excluding carboxylic acids is 1. The summed E-state index contributed by atoms with van der Waals surface area (Å²) in [7, 11) is 3.16. The Morgan fingerprint density at radius 2 is 1.72 bits per heavy atom. The molecule has 0 saturated heterocycles. The van der Waals surface area contributed by atoms with Crippen LogP contribution in [0.15, 0.2) is 47.6 Å². The van der Waals surface area contributed by atoms with Gasteiger partial charge in [0, 0.05) is 17.2 Å². The summed E-state index contributed by atoms with van der Waals surface area (Å²) < 4.78 is 15.9. The molecule has 2 aromatic carbocycles. The van der Waals surface area contributed by atoms with Crippen molar-refractivity contribution in [3.05, 3.63) is 53.6 Å². The molecule has 0 aromatic heterocycles. The molecule has 1 amide bonds. The quantitative estimate of drug-likeness (QED) is 0.619. The summed E-state index contributed by atoms with van der Waals surface area (Å²) in [5, 5.41) is 4.16. The summed E-state index contributed by atoms with van der Waals surface area (Å²) >= 11 is 0. The Bertz CT molecular complexity index is 755. The Morgan fingerprint density at radius 1 is 1.04 bits per heavy atom. The Hall–Kier alpha value is -3.02. The number of methoxy groups -OCH3 is 2. The van der Waals surface area contributed by atoms with Gasteiger partial charge in [-0.1, -0.05) is 0 Å². The number of nitrogens with zero attached hydrogens (tertiary/aromatic N) is 1. The molecule has 6 heteroatoms. The lowest BCUT2D eigenvalue weighted by atomic mass is 10.1. The van der Waals surface area contributed by atoms with E-state index in [-0.39, 0.29) is 5.91 Å². The average Bonchev–Trinajstić information content (AvgIpc) is 2.66. The summed E-state index contributed by atoms with van der Waals surface area (Å²) in [6, 6.07) is 12.3. The molecule has 132 valence electrons. The fraction of sp³-hybridized carbons (Fsp3) is 0.263. The van der Waals surface area contributed by atoms with Crippen LogP contribution in [-0.4, -0.2) is 32.4 Å². The number of amides is 1. The van der Waals surface area contributed by atoms with E-state index in [1.165, 1.54) is 0 Å². The molecule has 0 unspecified atom stereocenters. The smallest absolute Gasteiger partial charge is 0.271 e. The summed E-state index contributed by atoms with van der Waals surface area (Å²) in [4.78, 5) is 12.2. The highest BCUT2D eigenvalue weighted by molar-refractivity contribution is 6.02. The summed E-state index contributed by atoms with van der Waals surface area (Å²) in [5.41, 5.74) is 4.45. The SMILES string of the molecule is CCOc1ccc(C(=O)NN=C(C)c2ccc(OC)cc2OC)cc1. The fourth-order valence-electron chi connectivity index (χ4n) is 2.23. The minimum atomic E-state index is -0.296. The molecule has 0 saturated carbocycles. The molecule has 6 nitrogen and oxygen atoms in total. The molecule has 1 N–H and O–H groups in total. The van der Waals surface area contributed by atoms with E-state index in [4.69, 9.17) is 14.2 Å². The number of nitrogens with one attached hydrogen (secondary N) is 1. The van der Waals surface area contributed by atoms with Crippen molar-refractivity contribution < 1.29 is 19.0 Å². The Kier molecular flexibility index (Phi) is 6.39. The van der Waals surface area contributed by atoms with Gasteiger partial charge in [-0.25, -0.2) is 5.43 Å². The molecule has 0 heterocycles. The molecule has 2 aromatic rings. The van der Waals surface area contributed by atoms with Crippen molar-refractivity contribution in [2.24, 2.45) is 5.10 Å². The maximum atomic E-state index is 12.2. The van der Waals surface area contributed by atoms with E-state index in [1.54, 1.807) is 51.5 Å². The van der Waals surface area contributed by atoms with E-state index in [9.17, 15) is 4.79 Å². The highest BCUT2D eigenvalue weighted by atomic mass is 16.5. The minimum absolute atomic E-state index is 0.296. The number of hydrogen-bond donors (Lipinski definition) is 1. The second-order valence-electron chi connectivity index (χ2n) is 5.16. The van der Waals surface area contributed by atoms with Crippen LogP contribution < -0.4 is 19.6 Å². The fourth-order valence-corrected chi connectivity index (χ4v) is 2.23. The number of rotatable bonds is 7. The van der Waals surface area contributed by atoms with Gasteiger partial charge in [-0.15, -0.1) is 0 Å². The van der Waals surface area contributed by atoms with E-state index in [2.05, 4.69) is 10.5 Å². The van der Waals surface area contributed by atoms with Crippen LogP contribution in [-0.2, 0) is 0 Å². The zero-order valence-corrected chi connectivity index (χ0v) is 14.8. The van der Waals surface area contributed by atoms with Gasteiger partial charge in [0.15, 0.2) is 0 Å². The highest BCUT2D eigenvalue weighted by Gasteiger charge is 2.09. The molecule has 0 radical (unpaired) electrons. The first-order valence-corrected chi connectivity index (χ1v) is 7.89. The van der Waals surface area contributed by atoms with Gasteiger partial charge in [0.05, 0.1) is 26.5 Å². The molecule has 0 atom stereocenters. The van der Waals surface area contributed by atoms with Crippen molar-refractivity contribution in [2.45, 2.75) is 13.8 Å². The number of benzene rings is 2. The van der Waals surface area contributed by atoms with Gasteiger partial charge >= 0.3 is 0 Å². The third-order valence-corrected chi connectivity index (χ3v) is 3.55. The predicted molar refractivity (Wildman–Crippen MR) is 96.8 cm³/mol. The van der Waals surface area contributed by atoms with E-state index in [0.29, 0.717) is 29.4 Å². The number of carbonyl (C=O) groups is 1. The first-order valence-electron chi connectivity index (χ1n) is 7.89. The van der Waals surface area contributed by atoms with Crippen molar-refractivity contribution in [1.82, 2.24) is 5.43 Å². The standard InChI is InChI=1S/C19H22N2O4/c1-5-25-15-8-6-14(7-9-15)19(22)21-20-13(2)17-11-10-16(23-3)12-18(17)24-4/h6-12H,5H2,1-4H3,(H,21,22). The molecule has 0 spiro atoms. The second-order valence-corrected chi connectivity index (χ2v) is 5.16. The average molecular weight is 342 g/mol. The van der Waals surface area contributed by atoms with Crippen LogP contribution in [0.4, 0.5) is 0 Å². The first-order chi connectivity index (χ1) is 12.1. The van der Waals surface area contributed by atoms with Gasteiger partial charge in [-0.05, 0) is 50.2 Å². The Labute approximate surface area is 147 Å². The topological polar surface area (TPSA) is 69.2 Å². The van der Waals surface area contributed by atoms with Gasteiger partial charge < -0.3 is 14.2 Å². The van der Waals surface area contributed by atoms with E-state index in [1.807, 2.05) is 19.1 Å². The third-order valence-electron chi connectivity index (χ3n) is 3.55. The maximum Gasteiger partial charge on any atom is 0.271 e. The summed E-state index contributed by atoms with van der Waals surface area (Å²) in [5.74, 6) is 1.74. The molecular formula is C19H22N2O4. The van der Waals surface area contributed by atoms with E-state index < -0.39 is 0 Å². The molecular weight excluding hydrogens is 320 g/mol. The Morgan fingerprint density at radius 3 is 2.32 bits per heavy atom. The molecule has 2 rings (SSSR count). The van der Waals surface area contributed by atoms with Gasteiger partial charge in [0.25, 0.3) is 5.91 Å². The van der Waals surface area contributed by atoms with E-state index >= 15 is 0 Å². The zero-order chi connectivity index (χ0) is 18.2. The van der Waals surface area contributed by atoms with Gasteiger partial charge in [0.1, 0.15) is 17.2 Å². The van der Waals surface area contributed by atoms with Crippen molar-refractivity contribution in [2.75, 3.05) is 20.8 Å². The normalized spacial score (nSPS) is 11.0. The monoisotopic (exact) mass is 342 g/mol. The second kappa shape index (κ2) is 8.73. The number of hydrogen-bond acceptors (Lipinski definition) is 5. The Balaban J connectivity index is 2.11. The maximum absolute atomic E-state index is 12.2. The van der Waals surface area contributed by atoms with Crippen molar-refractivity contribution in [1.29, 1.82) is 0 Å². The summed E-state index contributed by atoms with van der Waals surface area (Å²) in [6.45, 7) is 4.28. The van der Waals surface area contributed by atoms with Gasteiger partial charge in [-0.2, -0.15) is 5.10 Å². The van der Waals surface area contributed by atoms with Crippen molar-refractivity contribution >= 4 is 11.6 Å². The van der Waals surface area contributed by atoms with Crippen LogP contribution in [0.5, 0.6) is 17.2 Å². The van der Waals surface area contributed by atoms with Crippen LogP contribution in [0.25, 0.3) is 0 Å². The molecule has 0 aliphatic rings. The molecule has 0 aliphatic carbocycles. The van der Waals surface area contributed by atoms with Gasteiger partial charge in [0.2, 0.25) is 0 Å². The largest absolute Gasteiger partial charge is 0.497 e. The van der Waals surface area contributed by atoms with Crippen LogP contribution >= 0.6 is 0 Å². The van der Waals surface area contributed by atoms with Gasteiger partial charge in [-0.3, -0.25) is 4.79 Å². The zero-order valence-electron chi connectivity index (χ0n) is 14.8. The lowest BCUT2D eigenvalue weighted by Crippen LogP contribution is -2.19. The predicted octanol–water partition coefficient (Wildman–Crippen LogP) is 3.26. The first kappa shape index (κ1) is 18.3. The van der Waals surface area contributed by atoms with Crippen LogP contribution in [0.3, 0.4) is 0 Å².